The number of benzene rings is 2. The Labute approximate surface area is 161 Å². The monoisotopic (exact) mass is 364 g/mol. The van der Waals surface area contributed by atoms with Crippen LogP contribution in [0.1, 0.15) is 30.4 Å². The molecule has 1 amide bonds. The Morgan fingerprint density at radius 2 is 1.81 bits per heavy atom. The van der Waals surface area contributed by atoms with E-state index in [1.54, 1.807) is 7.11 Å². The molecule has 1 unspecified atom stereocenters. The van der Waals surface area contributed by atoms with Crippen LogP contribution < -0.4 is 10.1 Å². The molecule has 0 radical (unpaired) electrons. The highest BCUT2D eigenvalue weighted by molar-refractivity contribution is 5.82. The quantitative estimate of drug-likeness (QED) is 0.851. The molecule has 1 heterocycles. The molecule has 0 bridgehead atoms. The van der Waals surface area contributed by atoms with Crippen LogP contribution in [0.5, 0.6) is 5.75 Å². The lowest BCUT2D eigenvalue weighted by Gasteiger charge is -2.33. The lowest BCUT2D eigenvalue weighted by atomic mass is 9.90. The average molecular weight is 364 g/mol. The summed E-state index contributed by atoms with van der Waals surface area (Å²) in [6, 6.07) is 18.4. The number of nitrogens with zero attached hydrogens (tertiary/aromatic N) is 1. The molecule has 4 nitrogen and oxygen atoms in total. The second kappa shape index (κ2) is 7.73. The van der Waals surface area contributed by atoms with Crippen LogP contribution in [0, 0.1) is 11.3 Å². The SMILES string of the molecule is COc1ccccc1CN1CCC2(CC1)CC2C(=O)NCc1ccccc1. The van der Waals surface area contributed by atoms with Gasteiger partial charge < -0.3 is 10.1 Å². The van der Waals surface area contributed by atoms with Crippen LogP contribution in [0.15, 0.2) is 54.6 Å². The van der Waals surface area contributed by atoms with Crippen molar-refractivity contribution in [2.45, 2.75) is 32.4 Å². The molecule has 1 atom stereocenters. The zero-order valence-corrected chi connectivity index (χ0v) is 16.0. The number of nitrogens with one attached hydrogen (secondary N) is 1. The molecule has 1 saturated heterocycles. The first kappa shape index (κ1) is 18.1. The van der Waals surface area contributed by atoms with E-state index < -0.39 is 0 Å². The maximum atomic E-state index is 12.6. The number of hydrogen-bond acceptors (Lipinski definition) is 3. The van der Waals surface area contributed by atoms with Crippen molar-refractivity contribution in [2.75, 3.05) is 20.2 Å². The lowest BCUT2D eigenvalue weighted by molar-refractivity contribution is -0.123. The maximum Gasteiger partial charge on any atom is 0.223 e. The van der Waals surface area contributed by atoms with Crippen LogP contribution in [-0.4, -0.2) is 31.0 Å². The third kappa shape index (κ3) is 4.01. The molecule has 4 heteroatoms. The van der Waals surface area contributed by atoms with Crippen molar-refractivity contribution in [3.63, 3.8) is 0 Å². The fourth-order valence-corrected chi connectivity index (χ4v) is 4.41. The van der Waals surface area contributed by atoms with Crippen molar-refractivity contribution in [3.8, 4) is 5.75 Å². The fourth-order valence-electron chi connectivity index (χ4n) is 4.41. The number of para-hydroxylation sites is 1. The topological polar surface area (TPSA) is 41.6 Å². The molecule has 1 aliphatic carbocycles. The summed E-state index contributed by atoms with van der Waals surface area (Å²) in [5.74, 6) is 1.40. The number of amides is 1. The van der Waals surface area contributed by atoms with Gasteiger partial charge in [0.25, 0.3) is 0 Å². The lowest BCUT2D eigenvalue weighted by Crippen LogP contribution is -2.36. The second-order valence-corrected chi connectivity index (χ2v) is 7.91. The van der Waals surface area contributed by atoms with E-state index in [2.05, 4.69) is 34.5 Å². The first-order valence-corrected chi connectivity index (χ1v) is 9.86. The summed E-state index contributed by atoms with van der Waals surface area (Å²) in [7, 11) is 1.73. The number of carbonyl (C=O) groups is 1. The van der Waals surface area contributed by atoms with Crippen molar-refractivity contribution in [1.82, 2.24) is 10.2 Å². The maximum absolute atomic E-state index is 12.6. The first-order valence-electron chi connectivity index (χ1n) is 9.86. The molecule has 1 N–H and O–H groups in total. The molecule has 1 aliphatic heterocycles. The molecule has 2 aliphatic rings. The number of hydrogen-bond donors (Lipinski definition) is 1. The molecule has 1 spiro atoms. The molecule has 0 aromatic heterocycles. The molecule has 27 heavy (non-hydrogen) atoms. The predicted molar refractivity (Wildman–Crippen MR) is 106 cm³/mol. The number of methoxy groups -OCH3 is 1. The molecular weight excluding hydrogens is 336 g/mol. The van der Waals surface area contributed by atoms with E-state index in [1.165, 1.54) is 5.56 Å². The average Bonchev–Trinajstić information content (AvgIpc) is 3.43. The Balaban J connectivity index is 1.26. The van der Waals surface area contributed by atoms with Crippen LogP contribution in [0.3, 0.4) is 0 Å². The number of rotatable bonds is 6. The highest BCUT2D eigenvalue weighted by Crippen LogP contribution is 2.59. The zero-order chi connectivity index (χ0) is 18.7. The van der Waals surface area contributed by atoms with E-state index >= 15 is 0 Å². The van der Waals surface area contributed by atoms with Gasteiger partial charge in [-0.25, -0.2) is 0 Å². The molecule has 142 valence electrons. The van der Waals surface area contributed by atoms with Crippen molar-refractivity contribution in [2.24, 2.45) is 11.3 Å². The van der Waals surface area contributed by atoms with Crippen LogP contribution in [0.4, 0.5) is 0 Å². The Hall–Kier alpha value is -2.33. The van der Waals surface area contributed by atoms with Crippen LogP contribution >= 0.6 is 0 Å². The number of ether oxygens (including phenoxy) is 1. The van der Waals surface area contributed by atoms with Gasteiger partial charge in [-0.05, 0) is 49.4 Å². The summed E-state index contributed by atoms with van der Waals surface area (Å²) in [6.07, 6.45) is 3.28. The van der Waals surface area contributed by atoms with Gasteiger partial charge in [0.05, 0.1) is 7.11 Å². The number of likely N-dealkylation sites (tertiary alicyclic amines) is 1. The summed E-state index contributed by atoms with van der Waals surface area (Å²) in [5, 5.41) is 3.13. The smallest absolute Gasteiger partial charge is 0.223 e. The molecule has 4 rings (SSSR count). The normalized spacial score (nSPS) is 21.0. The molecule has 2 aromatic carbocycles. The second-order valence-electron chi connectivity index (χ2n) is 7.91. The third-order valence-electron chi connectivity index (χ3n) is 6.25. The molecular formula is C23H28N2O2. The summed E-state index contributed by atoms with van der Waals surface area (Å²) >= 11 is 0. The fraction of sp³-hybridized carbons (Fsp3) is 0.435. The Kier molecular flexibility index (Phi) is 5.17. The van der Waals surface area contributed by atoms with Gasteiger partial charge in [-0.15, -0.1) is 0 Å². The van der Waals surface area contributed by atoms with Crippen molar-refractivity contribution < 1.29 is 9.53 Å². The molecule has 2 aromatic rings. The molecule has 2 fully saturated rings. The van der Waals surface area contributed by atoms with E-state index in [9.17, 15) is 4.79 Å². The summed E-state index contributed by atoms with van der Waals surface area (Å²) in [4.78, 5) is 15.1. The minimum absolute atomic E-state index is 0.203. The van der Waals surface area contributed by atoms with Crippen molar-refractivity contribution in [3.05, 3.63) is 65.7 Å². The van der Waals surface area contributed by atoms with E-state index in [0.29, 0.717) is 6.54 Å². The van der Waals surface area contributed by atoms with Gasteiger partial charge in [0, 0.05) is 24.6 Å². The zero-order valence-electron chi connectivity index (χ0n) is 16.0. The summed E-state index contributed by atoms with van der Waals surface area (Å²) < 4.78 is 5.47. The predicted octanol–water partition coefficient (Wildman–Crippen LogP) is 3.61. The van der Waals surface area contributed by atoms with Gasteiger partial charge in [-0.1, -0.05) is 48.5 Å². The summed E-state index contributed by atoms with van der Waals surface area (Å²) in [6.45, 7) is 3.66. The highest BCUT2D eigenvalue weighted by atomic mass is 16.5. The van der Waals surface area contributed by atoms with Crippen molar-refractivity contribution >= 4 is 5.91 Å². The highest BCUT2D eigenvalue weighted by Gasteiger charge is 2.58. The van der Waals surface area contributed by atoms with Gasteiger partial charge >= 0.3 is 0 Å². The van der Waals surface area contributed by atoms with Crippen LogP contribution in [0.25, 0.3) is 0 Å². The number of carbonyl (C=O) groups excluding carboxylic acids is 1. The summed E-state index contributed by atoms with van der Waals surface area (Å²) in [5.41, 5.74) is 2.65. The Morgan fingerprint density at radius 1 is 1.11 bits per heavy atom. The minimum atomic E-state index is 0.203. The first-order chi connectivity index (χ1) is 13.2. The van der Waals surface area contributed by atoms with Crippen LogP contribution in [-0.2, 0) is 17.9 Å². The van der Waals surface area contributed by atoms with Crippen molar-refractivity contribution in [1.29, 1.82) is 0 Å². The minimum Gasteiger partial charge on any atom is -0.496 e. The van der Waals surface area contributed by atoms with E-state index in [0.717, 1.165) is 50.2 Å². The Bertz CT molecular complexity index is 782. The van der Waals surface area contributed by atoms with E-state index in [-0.39, 0.29) is 17.2 Å². The van der Waals surface area contributed by atoms with E-state index in [4.69, 9.17) is 4.74 Å². The van der Waals surface area contributed by atoms with Crippen LogP contribution in [0.2, 0.25) is 0 Å². The van der Waals surface area contributed by atoms with Gasteiger partial charge in [0.1, 0.15) is 5.75 Å². The molecule has 1 saturated carbocycles. The largest absolute Gasteiger partial charge is 0.496 e. The van der Waals surface area contributed by atoms with Gasteiger partial charge in [0.2, 0.25) is 5.91 Å². The van der Waals surface area contributed by atoms with Gasteiger partial charge in [-0.2, -0.15) is 0 Å². The number of piperidine rings is 1. The van der Waals surface area contributed by atoms with Gasteiger partial charge in [0.15, 0.2) is 0 Å². The van der Waals surface area contributed by atoms with Gasteiger partial charge in [-0.3, -0.25) is 9.69 Å². The standard InChI is InChI=1S/C23H28N2O2/c1-27-21-10-6-5-9-19(21)17-25-13-11-23(12-14-25)15-20(23)22(26)24-16-18-7-3-2-4-8-18/h2-10,20H,11-17H2,1H3,(H,24,26). The Morgan fingerprint density at radius 3 is 2.56 bits per heavy atom. The third-order valence-corrected chi connectivity index (χ3v) is 6.25. The van der Waals surface area contributed by atoms with E-state index in [1.807, 2.05) is 30.3 Å².